The first-order valence-electron chi connectivity index (χ1n) is 6.45. The average Bonchev–Trinajstić information content (AvgIpc) is 2.80. The van der Waals surface area contributed by atoms with Crippen molar-refractivity contribution >= 4 is 11.7 Å². The maximum atomic E-state index is 11.9. The molecule has 1 heterocycles. The summed E-state index contributed by atoms with van der Waals surface area (Å²) in [5.74, 6) is 0. The van der Waals surface area contributed by atoms with Gasteiger partial charge in [-0.05, 0) is 12.1 Å². The maximum Gasteiger partial charge on any atom is 0.324 e. The highest BCUT2D eigenvalue weighted by Crippen LogP contribution is 2.24. The lowest BCUT2D eigenvalue weighted by molar-refractivity contribution is -0.0947. The largest absolute Gasteiger partial charge is 0.394 e. The molecular weight excluding hydrogens is 280 g/mol. The summed E-state index contributed by atoms with van der Waals surface area (Å²) in [5.41, 5.74) is 0.425. The number of aliphatic hydroxyl groups excluding tert-OH is 5. The van der Waals surface area contributed by atoms with Gasteiger partial charge in [-0.25, -0.2) is 4.79 Å². The molecule has 116 valence electrons. The molecule has 2 amide bonds. The number of benzene rings is 1. The molecule has 1 aromatic rings. The SMILES string of the molecule is O=C1N[C@H]([C@@H](O)[C@H](O)[C@H](O)CO)[C@@H](O)N1c1ccccc1. The second kappa shape index (κ2) is 6.37. The van der Waals surface area contributed by atoms with Gasteiger partial charge >= 0.3 is 6.03 Å². The summed E-state index contributed by atoms with van der Waals surface area (Å²) in [6.07, 6.45) is -6.34. The van der Waals surface area contributed by atoms with E-state index in [4.69, 9.17) is 5.11 Å². The number of carbonyl (C=O) groups excluding carboxylic acids is 1. The monoisotopic (exact) mass is 298 g/mol. The van der Waals surface area contributed by atoms with Crippen LogP contribution in [0.15, 0.2) is 30.3 Å². The molecule has 0 bridgehead atoms. The molecule has 1 saturated heterocycles. The Hall–Kier alpha value is -1.71. The highest BCUT2D eigenvalue weighted by Gasteiger charge is 2.45. The zero-order valence-corrected chi connectivity index (χ0v) is 11.1. The predicted octanol–water partition coefficient (Wildman–Crippen LogP) is -2.02. The Labute approximate surface area is 120 Å². The van der Waals surface area contributed by atoms with Crippen LogP contribution >= 0.6 is 0 Å². The van der Waals surface area contributed by atoms with E-state index in [9.17, 15) is 25.2 Å². The van der Waals surface area contributed by atoms with Crippen molar-refractivity contribution in [1.82, 2.24) is 5.32 Å². The molecule has 0 unspecified atom stereocenters. The molecule has 8 nitrogen and oxygen atoms in total. The normalized spacial score (nSPS) is 26.3. The lowest BCUT2D eigenvalue weighted by atomic mass is 10.0. The summed E-state index contributed by atoms with van der Waals surface area (Å²) in [4.78, 5) is 12.9. The number of anilines is 1. The number of nitrogens with one attached hydrogen (secondary N) is 1. The molecule has 2 rings (SSSR count). The van der Waals surface area contributed by atoms with Gasteiger partial charge in [0.2, 0.25) is 0 Å². The van der Waals surface area contributed by atoms with Crippen LogP contribution in [0, 0.1) is 0 Å². The molecule has 0 radical (unpaired) electrons. The standard InChI is InChI=1S/C13H18N2O6/c16-6-8(17)10(18)11(19)9-12(20)15(13(21)14-9)7-4-2-1-3-5-7/h1-5,8-12,16-20H,6H2,(H,14,21)/t8-,9-,10-,11-,12-/m1/s1. The van der Waals surface area contributed by atoms with E-state index in [1.165, 1.54) is 0 Å². The summed E-state index contributed by atoms with van der Waals surface area (Å²) >= 11 is 0. The molecule has 0 spiro atoms. The van der Waals surface area contributed by atoms with Crippen LogP contribution in [0.1, 0.15) is 0 Å². The molecule has 1 fully saturated rings. The number of amides is 2. The smallest absolute Gasteiger partial charge is 0.324 e. The molecular formula is C13H18N2O6. The zero-order chi connectivity index (χ0) is 15.6. The Morgan fingerprint density at radius 3 is 2.38 bits per heavy atom. The number of carbonyl (C=O) groups is 1. The third kappa shape index (κ3) is 2.99. The van der Waals surface area contributed by atoms with Crippen molar-refractivity contribution in [1.29, 1.82) is 0 Å². The van der Waals surface area contributed by atoms with E-state index < -0.39 is 43.2 Å². The van der Waals surface area contributed by atoms with E-state index >= 15 is 0 Å². The van der Waals surface area contributed by atoms with Crippen LogP contribution in [-0.4, -0.2) is 68.8 Å². The van der Waals surface area contributed by atoms with E-state index in [1.54, 1.807) is 30.3 Å². The Morgan fingerprint density at radius 2 is 1.81 bits per heavy atom. The number of hydrogen-bond acceptors (Lipinski definition) is 6. The highest BCUT2D eigenvalue weighted by atomic mass is 16.4. The van der Waals surface area contributed by atoms with Crippen molar-refractivity contribution in [2.45, 2.75) is 30.6 Å². The van der Waals surface area contributed by atoms with E-state index in [0.29, 0.717) is 5.69 Å². The van der Waals surface area contributed by atoms with Crippen molar-refractivity contribution in [3.05, 3.63) is 30.3 Å². The molecule has 0 aromatic heterocycles. The quantitative estimate of drug-likeness (QED) is 0.372. The van der Waals surface area contributed by atoms with Gasteiger partial charge in [0.05, 0.1) is 6.61 Å². The number of urea groups is 1. The number of nitrogens with zero attached hydrogens (tertiary/aromatic N) is 1. The van der Waals surface area contributed by atoms with Gasteiger partial charge in [0.15, 0.2) is 6.23 Å². The molecule has 6 N–H and O–H groups in total. The second-order valence-corrected chi connectivity index (χ2v) is 4.83. The third-order valence-corrected chi connectivity index (χ3v) is 3.43. The Bertz CT molecular complexity index is 485. The molecule has 1 aliphatic heterocycles. The van der Waals surface area contributed by atoms with Gasteiger partial charge in [0.1, 0.15) is 24.4 Å². The molecule has 21 heavy (non-hydrogen) atoms. The van der Waals surface area contributed by atoms with Crippen LogP contribution in [-0.2, 0) is 0 Å². The van der Waals surface area contributed by atoms with E-state index in [2.05, 4.69) is 5.32 Å². The second-order valence-electron chi connectivity index (χ2n) is 4.83. The van der Waals surface area contributed by atoms with Gasteiger partial charge in [-0.15, -0.1) is 0 Å². The number of rotatable bonds is 5. The minimum absolute atomic E-state index is 0.425. The Balaban J connectivity index is 2.16. The van der Waals surface area contributed by atoms with Crippen LogP contribution in [0.3, 0.4) is 0 Å². The van der Waals surface area contributed by atoms with Crippen molar-refractivity contribution in [3.63, 3.8) is 0 Å². The van der Waals surface area contributed by atoms with Gasteiger partial charge in [-0.1, -0.05) is 18.2 Å². The van der Waals surface area contributed by atoms with Crippen LogP contribution in [0.4, 0.5) is 10.5 Å². The minimum Gasteiger partial charge on any atom is -0.394 e. The topological polar surface area (TPSA) is 133 Å². The van der Waals surface area contributed by atoms with Gasteiger partial charge < -0.3 is 30.8 Å². The van der Waals surface area contributed by atoms with Crippen molar-refractivity contribution < 1.29 is 30.3 Å². The van der Waals surface area contributed by atoms with Crippen LogP contribution in [0.5, 0.6) is 0 Å². The molecule has 8 heteroatoms. The van der Waals surface area contributed by atoms with Crippen molar-refractivity contribution in [2.24, 2.45) is 0 Å². The van der Waals surface area contributed by atoms with Crippen molar-refractivity contribution in [3.8, 4) is 0 Å². The number of aliphatic hydroxyl groups is 5. The zero-order valence-electron chi connectivity index (χ0n) is 11.1. The Kier molecular flexibility index (Phi) is 4.76. The predicted molar refractivity (Wildman–Crippen MR) is 72.4 cm³/mol. The number of hydrogen-bond donors (Lipinski definition) is 6. The first-order valence-corrected chi connectivity index (χ1v) is 6.45. The van der Waals surface area contributed by atoms with Gasteiger partial charge in [0, 0.05) is 5.69 Å². The van der Waals surface area contributed by atoms with Crippen LogP contribution in [0.2, 0.25) is 0 Å². The fraction of sp³-hybridized carbons (Fsp3) is 0.462. The van der Waals surface area contributed by atoms with Crippen LogP contribution < -0.4 is 10.2 Å². The Morgan fingerprint density at radius 1 is 1.19 bits per heavy atom. The molecule has 1 aromatic carbocycles. The summed E-state index contributed by atoms with van der Waals surface area (Å²) in [5, 5.41) is 50.2. The maximum absolute atomic E-state index is 11.9. The summed E-state index contributed by atoms with van der Waals surface area (Å²) in [7, 11) is 0. The molecule has 1 aliphatic rings. The van der Waals surface area contributed by atoms with E-state index in [1.807, 2.05) is 0 Å². The fourth-order valence-corrected chi connectivity index (χ4v) is 2.24. The van der Waals surface area contributed by atoms with Gasteiger partial charge in [0.25, 0.3) is 0 Å². The minimum atomic E-state index is -1.70. The lowest BCUT2D eigenvalue weighted by Gasteiger charge is -2.28. The summed E-state index contributed by atoms with van der Waals surface area (Å²) in [6, 6.07) is 6.50. The highest BCUT2D eigenvalue weighted by molar-refractivity contribution is 5.95. The first-order chi connectivity index (χ1) is 9.97. The number of para-hydroxylation sites is 1. The van der Waals surface area contributed by atoms with Crippen molar-refractivity contribution in [2.75, 3.05) is 11.5 Å². The third-order valence-electron chi connectivity index (χ3n) is 3.43. The molecule has 0 saturated carbocycles. The van der Waals surface area contributed by atoms with Crippen LogP contribution in [0.25, 0.3) is 0 Å². The molecule has 5 atom stereocenters. The average molecular weight is 298 g/mol. The molecule has 0 aliphatic carbocycles. The van der Waals surface area contributed by atoms with E-state index in [0.717, 1.165) is 4.90 Å². The van der Waals surface area contributed by atoms with E-state index in [-0.39, 0.29) is 0 Å². The lowest BCUT2D eigenvalue weighted by Crippen LogP contribution is -2.53. The summed E-state index contributed by atoms with van der Waals surface area (Å²) < 4.78 is 0. The van der Waals surface area contributed by atoms with Gasteiger partial charge in [-0.3, -0.25) is 4.90 Å². The fourth-order valence-electron chi connectivity index (χ4n) is 2.24. The van der Waals surface area contributed by atoms with Gasteiger partial charge in [-0.2, -0.15) is 0 Å². The first kappa shape index (κ1) is 15.7. The summed E-state index contributed by atoms with van der Waals surface area (Å²) in [6.45, 7) is -0.753.